The van der Waals surface area contributed by atoms with Gasteiger partial charge in [-0.05, 0) is 12.0 Å². The summed E-state index contributed by atoms with van der Waals surface area (Å²) in [5.74, 6) is -0.278. The van der Waals surface area contributed by atoms with E-state index in [0.717, 1.165) is 22.9 Å². The second-order valence-corrected chi connectivity index (χ2v) is 4.88. The van der Waals surface area contributed by atoms with Crippen LogP contribution in [0.1, 0.15) is 32.8 Å². The van der Waals surface area contributed by atoms with Crippen molar-refractivity contribution in [3.63, 3.8) is 0 Å². The number of amides is 2. The van der Waals surface area contributed by atoms with E-state index in [4.69, 9.17) is 0 Å². The first-order valence-electron chi connectivity index (χ1n) is 7.97. The summed E-state index contributed by atoms with van der Waals surface area (Å²) >= 11 is 0. The van der Waals surface area contributed by atoms with Crippen molar-refractivity contribution in [1.82, 2.24) is 10.3 Å². The molecule has 0 saturated carbocycles. The lowest BCUT2D eigenvalue weighted by Gasteiger charge is -2.20. The maximum absolute atomic E-state index is 11.4. The van der Waals surface area contributed by atoms with E-state index in [-0.39, 0.29) is 12.3 Å². The van der Waals surface area contributed by atoms with E-state index in [1.165, 1.54) is 5.56 Å². The van der Waals surface area contributed by atoms with Gasteiger partial charge in [0, 0.05) is 37.0 Å². The third kappa shape index (κ3) is 4.77. The molecule has 124 valence electrons. The van der Waals surface area contributed by atoms with Gasteiger partial charge in [-0.3, -0.25) is 19.9 Å². The molecule has 0 atom stereocenters. The summed E-state index contributed by atoms with van der Waals surface area (Å²) in [6.07, 6.45) is 5.31. The van der Waals surface area contributed by atoms with E-state index < -0.39 is 0 Å². The Bertz CT molecular complexity index is 656. The molecule has 0 aliphatic heterocycles. The van der Waals surface area contributed by atoms with Gasteiger partial charge in [0.05, 0.1) is 11.9 Å². The number of hydrogen-bond acceptors (Lipinski definition) is 4. The number of aromatic nitrogens is 1. The zero-order valence-electron chi connectivity index (χ0n) is 14.3. The molecule has 2 amide bonds. The van der Waals surface area contributed by atoms with E-state index in [2.05, 4.69) is 29.4 Å². The maximum Gasteiger partial charge on any atom is 0.228 e. The van der Waals surface area contributed by atoms with Crippen molar-refractivity contribution in [2.45, 2.75) is 33.6 Å². The second kappa shape index (κ2) is 9.56. The summed E-state index contributed by atoms with van der Waals surface area (Å²) in [5, 5.41) is 4.41. The molecule has 1 aromatic heterocycles. The molecular formula is C18H25N3O2. The largest absolute Gasteiger partial charge is 0.372 e. The molecule has 1 N–H and O–H groups in total. The number of nitrogens with one attached hydrogen (secondary N) is 1. The zero-order chi connectivity index (χ0) is 17.2. The van der Waals surface area contributed by atoms with E-state index in [0.29, 0.717) is 13.0 Å². The fraction of sp³-hybridized carbons (Fsp3) is 0.389. The highest BCUT2D eigenvalue weighted by Gasteiger charge is 2.10. The van der Waals surface area contributed by atoms with Crippen LogP contribution in [0, 0.1) is 0 Å². The van der Waals surface area contributed by atoms with Crippen LogP contribution in [0.5, 0.6) is 0 Å². The molecule has 0 bridgehead atoms. The average Bonchev–Trinajstić information content (AvgIpc) is 2.60. The molecule has 0 aliphatic carbocycles. The molecule has 5 nitrogen and oxygen atoms in total. The second-order valence-electron chi connectivity index (χ2n) is 4.88. The number of carbonyl (C=O) groups is 2. The number of benzene rings is 1. The molecule has 1 aromatic carbocycles. The van der Waals surface area contributed by atoms with E-state index in [1.54, 1.807) is 6.20 Å². The Morgan fingerprint density at radius 3 is 2.65 bits per heavy atom. The zero-order valence-corrected chi connectivity index (χ0v) is 14.3. The number of pyridine rings is 1. The van der Waals surface area contributed by atoms with Crippen LogP contribution in [0.15, 0.2) is 30.6 Å². The topological polar surface area (TPSA) is 62.3 Å². The number of nitrogens with zero attached hydrogens (tertiary/aromatic N) is 2. The fourth-order valence-corrected chi connectivity index (χ4v) is 2.38. The van der Waals surface area contributed by atoms with Crippen molar-refractivity contribution in [3.05, 3.63) is 36.2 Å². The van der Waals surface area contributed by atoms with E-state index in [1.807, 2.05) is 38.1 Å². The highest BCUT2D eigenvalue weighted by Crippen LogP contribution is 2.27. The van der Waals surface area contributed by atoms with E-state index in [9.17, 15) is 9.59 Å². The predicted octanol–water partition coefficient (Wildman–Crippen LogP) is 2.92. The van der Waals surface area contributed by atoms with Gasteiger partial charge in [0.1, 0.15) is 0 Å². The molecule has 23 heavy (non-hydrogen) atoms. The van der Waals surface area contributed by atoms with Gasteiger partial charge in [-0.15, -0.1) is 0 Å². The SMILES string of the molecule is CC.CCc1cccc2c(N(C)CCC(=O)NC=O)cncc12. The Hall–Kier alpha value is -2.43. The Kier molecular flexibility index (Phi) is 7.74. The van der Waals surface area contributed by atoms with Crippen molar-refractivity contribution in [2.24, 2.45) is 0 Å². The first kappa shape index (κ1) is 18.6. The van der Waals surface area contributed by atoms with Gasteiger partial charge in [-0.2, -0.15) is 0 Å². The summed E-state index contributed by atoms with van der Waals surface area (Å²) in [5.41, 5.74) is 2.25. The summed E-state index contributed by atoms with van der Waals surface area (Å²) in [7, 11) is 1.92. The Labute approximate surface area is 137 Å². The van der Waals surface area contributed by atoms with Gasteiger partial charge in [0.15, 0.2) is 0 Å². The quantitative estimate of drug-likeness (QED) is 0.833. The number of rotatable bonds is 6. The molecule has 0 aliphatic rings. The van der Waals surface area contributed by atoms with Crippen LogP contribution in [0.25, 0.3) is 10.8 Å². The van der Waals surface area contributed by atoms with E-state index >= 15 is 0 Å². The molecular weight excluding hydrogens is 290 g/mol. The maximum atomic E-state index is 11.4. The summed E-state index contributed by atoms with van der Waals surface area (Å²) in [4.78, 5) is 27.9. The fourth-order valence-electron chi connectivity index (χ4n) is 2.38. The van der Waals surface area contributed by atoms with Crippen LogP contribution >= 0.6 is 0 Å². The Morgan fingerprint density at radius 2 is 2.00 bits per heavy atom. The van der Waals surface area contributed by atoms with Crippen molar-refractivity contribution in [3.8, 4) is 0 Å². The standard InChI is InChI=1S/C16H19N3O2.C2H6/c1-3-12-5-4-6-13-14(12)9-17-10-15(13)19(2)8-7-16(21)18-11-20;1-2/h4-6,9-11H,3,7-8H2,1-2H3,(H,18,20,21);1-2H3. The van der Waals surface area contributed by atoms with Gasteiger partial charge in [-0.25, -0.2) is 0 Å². The number of aryl methyl sites for hydroxylation is 1. The molecule has 2 rings (SSSR count). The molecule has 0 fully saturated rings. The highest BCUT2D eigenvalue weighted by molar-refractivity contribution is 5.95. The lowest BCUT2D eigenvalue weighted by atomic mass is 10.0. The number of carbonyl (C=O) groups excluding carboxylic acids is 2. The van der Waals surface area contributed by atoms with Gasteiger partial charge in [0.2, 0.25) is 12.3 Å². The predicted molar refractivity (Wildman–Crippen MR) is 94.6 cm³/mol. The monoisotopic (exact) mass is 315 g/mol. The van der Waals surface area contributed by atoms with Crippen LogP contribution in [-0.2, 0) is 16.0 Å². The number of anilines is 1. The number of imide groups is 1. The summed E-state index contributed by atoms with van der Waals surface area (Å²) in [6, 6.07) is 6.20. The number of fused-ring (bicyclic) bond motifs is 1. The van der Waals surface area contributed by atoms with Crippen LogP contribution in [0.4, 0.5) is 5.69 Å². The van der Waals surface area contributed by atoms with Crippen molar-refractivity contribution in [1.29, 1.82) is 0 Å². The minimum absolute atomic E-state index is 0.263. The molecule has 0 saturated heterocycles. The van der Waals surface area contributed by atoms with Gasteiger partial charge >= 0.3 is 0 Å². The van der Waals surface area contributed by atoms with Gasteiger partial charge in [-0.1, -0.05) is 39.0 Å². The van der Waals surface area contributed by atoms with Gasteiger partial charge in [0.25, 0.3) is 0 Å². The third-order valence-corrected chi connectivity index (χ3v) is 3.56. The number of hydrogen-bond donors (Lipinski definition) is 1. The molecule has 2 aromatic rings. The van der Waals surface area contributed by atoms with Crippen LogP contribution in [-0.4, -0.2) is 30.9 Å². The first-order chi connectivity index (χ1) is 11.2. The van der Waals surface area contributed by atoms with Crippen molar-refractivity contribution in [2.75, 3.05) is 18.5 Å². The molecule has 0 radical (unpaired) electrons. The van der Waals surface area contributed by atoms with Crippen LogP contribution in [0.3, 0.4) is 0 Å². The lowest BCUT2D eigenvalue weighted by molar-refractivity contribution is -0.125. The molecule has 0 spiro atoms. The van der Waals surface area contributed by atoms with Crippen molar-refractivity contribution >= 4 is 28.8 Å². The van der Waals surface area contributed by atoms with Crippen LogP contribution < -0.4 is 10.2 Å². The normalized spacial score (nSPS) is 9.74. The molecule has 0 unspecified atom stereocenters. The molecule has 5 heteroatoms. The minimum Gasteiger partial charge on any atom is -0.372 e. The van der Waals surface area contributed by atoms with Crippen molar-refractivity contribution < 1.29 is 9.59 Å². The minimum atomic E-state index is -0.278. The third-order valence-electron chi connectivity index (χ3n) is 3.56. The summed E-state index contributed by atoms with van der Waals surface area (Å²) in [6.45, 7) is 6.64. The molecule has 1 heterocycles. The smallest absolute Gasteiger partial charge is 0.228 e. The Balaban J connectivity index is 0.00000127. The summed E-state index contributed by atoms with van der Waals surface area (Å²) < 4.78 is 0. The average molecular weight is 315 g/mol. The van der Waals surface area contributed by atoms with Gasteiger partial charge < -0.3 is 4.90 Å². The Morgan fingerprint density at radius 1 is 1.26 bits per heavy atom. The van der Waals surface area contributed by atoms with Crippen LogP contribution in [0.2, 0.25) is 0 Å². The lowest BCUT2D eigenvalue weighted by Crippen LogP contribution is -2.28. The first-order valence-corrected chi connectivity index (χ1v) is 7.97. The highest BCUT2D eigenvalue weighted by atomic mass is 16.2.